The van der Waals surface area contributed by atoms with Crippen LogP contribution in [-0.2, 0) is 4.79 Å². The van der Waals surface area contributed by atoms with Gasteiger partial charge in [-0.05, 0) is 58.6 Å². The van der Waals surface area contributed by atoms with Gasteiger partial charge in [0.25, 0.3) is 5.91 Å². The molecule has 0 unspecified atom stereocenters. The van der Waals surface area contributed by atoms with Crippen molar-refractivity contribution in [2.45, 2.75) is 58.0 Å². The smallest absolute Gasteiger partial charge is 0.287 e. The Morgan fingerprint density at radius 3 is 2.43 bits per heavy atom. The standard InChI is InChI=1S/C21H27ClN2O4/c1-21(2,3)24-19(25)12-5-7-15(8-6-12)23-20(26)17-10-13-9-14(22)11-16(27-4)18(13)28-17/h9-12,15H,5-8H2,1-4H3,(H,23,26)(H,24,25). The Bertz CT molecular complexity index is 876. The van der Waals surface area contributed by atoms with Crippen molar-refractivity contribution >= 4 is 34.4 Å². The summed E-state index contributed by atoms with van der Waals surface area (Å²) in [7, 11) is 1.53. The van der Waals surface area contributed by atoms with Gasteiger partial charge in [-0.3, -0.25) is 9.59 Å². The van der Waals surface area contributed by atoms with E-state index in [1.165, 1.54) is 7.11 Å². The van der Waals surface area contributed by atoms with Crippen LogP contribution >= 0.6 is 11.6 Å². The molecule has 1 fully saturated rings. The third-order valence-electron chi connectivity index (χ3n) is 4.92. The molecule has 1 heterocycles. The number of benzene rings is 1. The zero-order valence-electron chi connectivity index (χ0n) is 16.7. The highest BCUT2D eigenvalue weighted by Crippen LogP contribution is 2.32. The molecule has 7 heteroatoms. The molecular weight excluding hydrogens is 380 g/mol. The van der Waals surface area contributed by atoms with Gasteiger partial charge in [0.05, 0.1) is 7.11 Å². The molecule has 0 spiro atoms. The molecule has 1 saturated carbocycles. The number of halogens is 1. The van der Waals surface area contributed by atoms with Crippen LogP contribution in [0.4, 0.5) is 0 Å². The summed E-state index contributed by atoms with van der Waals surface area (Å²) in [5.41, 5.74) is 0.271. The number of fused-ring (bicyclic) bond motifs is 1. The average molecular weight is 407 g/mol. The average Bonchev–Trinajstić information content (AvgIpc) is 3.04. The number of carbonyl (C=O) groups is 2. The minimum absolute atomic E-state index is 0.00461. The number of rotatable bonds is 4. The maximum Gasteiger partial charge on any atom is 0.287 e. The van der Waals surface area contributed by atoms with E-state index in [1.807, 2.05) is 20.8 Å². The van der Waals surface area contributed by atoms with E-state index in [0.29, 0.717) is 16.4 Å². The van der Waals surface area contributed by atoms with E-state index in [2.05, 4.69) is 10.6 Å². The lowest BCUT2D eigenvalue weighted by atomic mass is 9.85. The molecular formula is C21H27ClN2O4. The topological polar surface area (TPSA) is 80.6 Å². The Morgan fingerprint density at radius 1 is 1.14 bits per heavy atom. The van der Waals surface area contributed by atoms with Crippen LogP contribution in [0.25, 0.3) is 11.0 Å². The predicted octanol–water partition coefficient (Wildman–Crippen LogP) is 4.30. The third kappa shape index (κ3) is 4.79. The third-order valence-corrected chi connectivity index (χ3v) is 5.14. The van der Waals surface area contributed by atoms with Gasteiger partial charge in [-0.25, -0.2) is 0 Å². The summed E-state index contributed by atoms with van der Waals surface area (Å²) < 4.78 is 11.0. The summed E-state index contributed by atoms with van der Waals surface area (Å²) in [6, 6.07) is 5.09. The van der Waals surface area contributed by atoms with Gasteiger partial charge in [0.15, 0.2) is 17.1 Å². The van der Waals surface area contributed by atoms with E-state index in [-0.39, 0.29) is 35.1 Å². The normalized spacial score (nSPS) is 20.0. The van der Waals surface area contributed by atoms with Gasteiger partial charge < -0.3 is 19.8 Å². The van der Waals surface area contributed by atoms with Crippen molar-refractivity contribution in [2.75, 3.05) is 7.11 Å². The summed E-state index contributed by atoms with van der Waals surface area (Å²) in [5.74, 6) is 0.551. The van der Waals surface area contributed by atoms with Gasteiger partial charge in [0.2, 0.25) is 5.91 Å². The molecule has 1 aromatic heterocycles. The van der Waals surface area contributed by atoms with Gasteiger partial charge in [0, 0.05) is 34.0 Å². The number of ether oxygens (including phenoxy) is 1. The van der Waals surface area contributed by atoms with Crippen molar-refractivity contribution in [1.82, 2.24) is 10.6 Å². The molecule has 2 amide bonds. The van der Waals surface area contributed by atoms with Crippen LogP contribution in [0, 0.1) is 5.92 Å². The summed E-state index contributed by atoms with van der Waals surface area (Å²) in [4.78, 5) is 24.9. The van der Waals surface area contributed by atoms with E-state index in [1.54, 1.807) is 18.2 Å². The van der Waals surface area contributed by atoms with Crippen LogP contribution in [-0.4, -0.2) is 30.5 Å². The van der Waals surface area contributed by atoms with E-state index >= 15 is 0 Å². The monoisotopic (exact) mass is 406 g/mol. The minimum atomic E-state index is -0.267. The number of amides is 2. The first kappa shape index (κ1) is 20.5. The predicted molar refractivity (Wildman–Crippen MR) is 109 cm³/mol. The zero-order valence-corrected chi connectivity index (χ0v) is 17.5. The van der Waals surface area contributed by atoms with Gasteiger partial charge in [-0.15, -0.1) is 0 Å². The first-order chi connectivity index (χ1) is 13.2. The van der Waals surface area contributed by atoms with E-state index in [0.717, 1.165) is 31.1 Å². The van der Waals surface area contributed by atoms with Crippen LogP contribution in [0.3, 0.4) is 0 Å². The summed E-state index contributed by atoms with van der Waals surface area (Å²) in [6.07, 6.45) is 3.06. The fourth-order valence-corrected chi connectivity index (χ4v) is 3.79. The second kappa shape index (κ2) is 8.03. The lowest BCUT2D eigenvalue weighted by molar-refractivity contribution is -0.127. The fourth-order valence-electron chi connectivity index (χ4n) is 3.58. The molecule has 0 saturated heterocycles. The Hall–Kier alpha value is -2.21. The second-order valence-electron chi connectivity index (χ2n) is 8.40. The highest BCUT2D eigenvalue weighted by atomic mass is 35.5. The summed E-state index contributed by atoms with van der Waals surface area (Å²) in [6.45, 7) is 5.94. The molecule has 0 atom stereocenters. The first-order valence-corrected chi connectivity index (χ1v) is 9.94. The van der Waals surface area contributed by atoms with Crippen LogP contribution in [0.5, 0.6) is 5.75 Å². The number of carbonyl (C=O) groups excluding carboxylic acids is 2. The Balaban J connectivity index is 1.60. The highest BCUT2D eigenvalue weighted by Gasteiger charge is 2.29. The molecule has 2 aromatic rings. The van der Waals surface area contributed by atoms with Gasteiger partial charge in [-0.1, -0.05) is 11.6 Å². The lowest BCUT2D eigenvalue weighted by Gasteiger charge is -2.30. The molecule has 0 bridgehead atoms. The first-order valence-electron chi connectivity index (χ1n) is 9.56. The van der Waals surface area contributed by atoms with Crippen molar-refractivity contribution in [3.05, 3.63) is 29.0 Å². The van der Waals surface area contributed by atoms with E-state index in [4.69, 9.17) is 20.8 Å². The number of hydrogen-bond donors (Lipinski definition) is 2. The number of furan rings is 1. The minimum Gasteiger partial charge on any atom is -0.493 e. The molecule has 0 aliphatic heterocycles. The van der Waals surface area contributed by atoms with Crippen LogP contribution in [0.2, 0.25) is 5.02 Å². The molecule has 28 heavy (non-hydrogen) atoms. The SMILES string of the molecule is COc1cc(Cl)cc2cc(C(=O)NC3CCC(C(=O)NC(C)(C)C)CC3)oc12. The van der Waals surface area contributed by atoms with Crippen LogP contribution in [0.15, 0.2) is 22.6 Å². The fraction of sp³-hybridized carbons (Fsp3) is 0.524. The maximum atomic E-state index is 12.6. The lowest BCUT2D eigenvalue weighted by Crippen LogP contribution is -2.46. The Labute approximate surface area is 169 Å². The summed E-state index contributed by atoms with van der Waals surface area (Å²) >= 11 is 6.07. The zero-order chi connectivity index (χ0) is 20.5. The van der Waals surface area contributed by atoms with Gasteiger partial charge >= 0.3 is 0 Å². The van der Waals surface area contributed by atoms with Crippen LogP contribution in [0.1, 0.15) is 57.0 Å². The van der Waals surface area contributed by atoms with Gasteiger partial charge in [0.1, 0.15) is 0 Å². The summed E-state index contributed by atoms with van der Waals surface area (Å²) in [5, 5.41) is 7.29. The van der Waals surface area contributed by atoms with Crippen molar-refractivity contribution in [3.63, 3.8) is 0 Å². The molecule has 2 N–H and O–H groups in total. The van der Waals surface area contributed by atoms with Crippen molar-refractivity contribution in [2.24, 2.45) is 5.92 Å². The number of methoxy groups -OCH3 is 1. The number of hydrogen-bond acceptors (Lipinski definition) is 4. The Kier molecular flexibility index (Phi) is 5.89. The molecule has 1 aliphatic carbocycles. The van der Waals surface area contributed by atoms with Gasteiger partial charge in [-0.2, -0.15) is 0 Å². The molecule has 1 aliphatic rings. The maximum absolute atomic E-state index is 12.6. The molecule has 6 nitrogen and oxygen atoms in total. The quantitative estimate of drug-likeness (QED) is 0.793. The largest absolute Gasteiger partial charge is 0.493 e. The highest BCUT2D eigenvalue weighted by molar-refractivity contribution is 6.31. The van der Waals surface area contributed by atoms with E-state index < -0.39 is 0 Å². The van der Waals surface area contributed by atoms with Crippen LogP contribution < -0.4 is 15.4 Å². The Morgan fingerprint density at radius 2 is 1.82 bits per heavy atom. The van der Waals surface area contributed by atoms with Crippen molar-refractivity contribution < 1.29 is 18.7 Å². The van der Waals surface area contributed by atoms with E-state index in [9.17, 15) is 9.59 Å². The molecule has 3 rings (SSSR count). The van der Waals surface area contributed by atoms with Crippen molar-refractivity contribution in [3.8, 4) is 5.75 Å². The second-order valence-corrected chi connectivity index (χ2v) is 8.83. The van der Waals surface area contributed by atoms with Crippen molar-refractivity contribution in [1.29, 1.82) is 0 Å². The molecule has 0 radical (unpaired) electrons. The molecule has 152 valence electrons. The molecule has 1 aromatic carbocycles. The number of nitrogens with one attached hydrogen (secondary N) is 2.